The molecule has 2 aromatic rings. The summed E-state index contributed by atoms with van der Waals surface area (Å²) in [6.45, 7) is 9.96. The van der Waals surface area contributed by atoms with Crippen LogP contribution in [0.1, 0.15) is 34.6 Å². The molecule has 0 aliphatic rings. The normalized spacial score (nSPS) is 12.7. The summed E-state index contributed by atoms with van der Waals surface area (Å²) >= 11 is 1.38. The molecule has 7 heteroatoms. The maximum atomic E-state index is 13.1. The standard InChI is InChI=1S/C18H25FN4OS/c1-11(2)23(12(3)4)17(24)13(5)25-18-21-20-16(22(18)6)14-7-9-15(19)10-8-14/h7-13H,1-6H3/t13-/m0/s1. The predicted molar refractivity (Wildman–Crippen MR) is 98.8 cm³/mol. The van der Waals surface area contributed by atoms with Crippen LogP contribution in [0.2, 0.25) is 0 Å². The zero-order chi connectivity index (χ0) is 18.7. The molecule has 0 radical (unpaired) electrons. The van der Waals surface area contributed by atoms with Gasteiger partial charge < -0.3 is 9.47 Å². The minimum Gasteiger partial charge on any atom is -0.337 e. The highest BCUT2D eigenvalue weighted by atomic mass is 32.2. The fourth-order valence-electron chi connectivity index (χ4n) is 2.79. The number of benzene rings is 1. The fourth-order valence-corrected chi connectivity index (χ4v) is 3.66. The Balaban J connectivity index is 2.18. The van der Waals surface area contributed by atoms with E-state index in [1.165, 1.54) is 23.9 Å². The van der Waals surface area contributed by atoms with Gasteiger partial charge in [-0.15, -0.1) is 10.2 Å². The van der Waals surface area contributed by atoms with Gasteiger partial charge in [0.25, 0.3) is 0 Å². The minimum atomic E-state index is -0.290. The Morgan fingerprint density at radius 1 is 1.08 bits per heavy atom. The number of halogens is 1. The van der Waals surface area contributed by atoms with Crippen molar-refractivity contribution in [3.05, 3.63) is 30.1 Å². The molecule has 0 bridgehead atoms. The largest absolute Gasteiger partial charge is 0.337 e. The summed E-state index contributed by atoms with van der Waals surface area (Å²) in [7, 11) is 1.85. The van der Waals surface area contributed by atoms with Crippen molar-refractivity contribution >= 4 is 17.7 Å². The summed E-state index contributed by atoms with van der Waals surface area (Å²) in [5.41, 5.74) is 0.785. The van der Waals surface area contributed by atoms with E-state index in [1.807, 2.05) is 51.1 Å². The van der Waals surface area contributed by atoms with Gasteiger partial charge in [0.15, 0.2) is 11.0 Å². The number of thioether (sulfide) groups is 1. The topological polar surface area (TPSA) is 51.0 Å². The average molecular weight is 364 g/mol. The number of carbonyl (C=O) groups excluding carboxylic acids is 1. The van der Waals surface area contributed by atoms with Gasteiger partial charge in [-0.25, -0.2) is 4.39 Å². The Hall–Kier alpha value is -1.89. The molecule has 1 amide bonds. The van der Waals surface area contributed by atoms with Crippen molar-refractivity contribution < 1.29 is 9.18 Å². The van der Waals surface area contributed by atoms with Crippen molar-refractivity contribution in [1.29, 1.82) is 0 Å². The molecule has 0 aliphatic carbocycles. The molecule has 0 spiro atoms. The second-order valence-corrected chi connectivity index (χ2v) is 7.87. The molecule has 25 heavy (non-hydrogen) atoms. The number of hydrogen-bond donors (Lipinski definition) is 0. The molecular formula is C18H25FN4OS. The van der Waals surface area contributed by atoms with Crippen LogP contribution in [0, 0.1) is 5.82 Å². The van der Waals surface area contributed by atoms with Crippen molar-refractivity contribution in [2.24, 2.45) is 7.05 Å². The molecule has 0 fully saturated rings. The van der Waals surface area contributed by atoms with E-state index in [4.69, 9.17) is 0 Å². The van der Waals surface area contributed by atoms with Crippen LogP contribution in [0.25, 0.3) is 11.4 Å². The summed E-state index contributed by atoms with van der Waals surface area (Å²) in [5.74, 6) is 0.440. The van der Waals surface area contributed by atoms with E-state index in [-0.39, 0.29) is 29.1 Å². The van der Waals surface area contributed by atoms with Crippen LogP contribution in [0.15, 0.2) is 29.4 Å². The van der Waals surface area contributed by atoms with E-state index < -0.39 is 0 Å². The summed E-state index contributed by atoms with van der Waals surface area (Å²) < 4.78 is 14.9. The average Bonchev–Trinajstić information content (AvgIpc) is 2.88. The SMILES string of the molecule is CC(C)N(C(=O)[C@H](C)Sc1nnc(-c2ccc(F)cc2)n1C)C(C)C. The zero-order valence-corrected chi connectivity index (χ0v) is 16.3. The highest BCUT2D eigenvalue weighted by Crippen LogP contribution is 2.27. The highest BCUT2D eigenvalue weighted by molar-refractivity contribution is 8.00. The Bertz CT molecular complexity index is 719. The lowest BCUT2D eigenvalue weighted by Gasteiger charge is -2.32. The first-order chi connectivity index (χ1) is 11.7. The second kappa shape index (κ2) is 7.99. The molecular weight excluding hydrogens is 339 g/mol. The van der Waals surface area contributed by atoms with Crippen LogP contribution < -0.4 is 0 Å². The number of nitrogens with zero attached hydrogens (tertiary/aromatic N) is 4. The minimum absolute atomic E-state index is 0.0846. The van der Waals surface area contributed by atoms with Gasteiger partial charge in [0.1, 0.15) is 5.82 Å². The van der Waals surface area contributed by atoms with Gasteiger partial charge in [0.05, 0.1) is 5.25 Å². The van der Waals surface area contributed by atoms with Crippen LogP contribution in [0.3, 0.4) is 0 Å². The number of amides is 1. The van der Waals surface area contributed by atoms with Crippen LogP contribution >= 0.6 is 11.8 Å². The number of hydrogen-bond acceptors (Lipinski definition) is 4. The summed E-state index contributed by atoms with van der Waals surface area (Å²) in [6.07, 6.45) is 0. The monoisotopic (exact) mass is 364 g/mol. The molecule has 1 aromatic heterocycles. The van der Waals surface area contributed by atoms with Gasteiger partial charge in [0, 0.05) is 24.7 Å². The van der Waals surface area contributed by atoms with Crippen LogP contribution in [-0.2, 0) is 11.8 Å². The van der Waals surface area contributed by atoms with Crippen molar-refractivity contribution in [3.63, 3.8) is 0 Å². The highest BCUT2D eigenvalue weighted by Gasteiger charge is 2.27. The van der Waals surface area contributed by atoms with Gasteiger partial charge in [-0.05, 0) is 58.9 Å². The lowest BCUT2D eigenvalue weighted by atomic mass is 10.2. The van der Waals surface area contributed by atoms with Crippen LogP contribution in [-0.4, -0.2) is 42.9 Å². The molecule has 0 aliphatic heterocycles. The van der Waals surface area contributed by atoms with Gasteiger partial charge >= 0.3 is 0 Å². The molecule has 2 rings (SSSR count). The number of rotatable bonds is 6. The van der Waals surface area contributed by atoms with E-state index in [0.717, 1.165) is 5.56 Å². The number of carbonyl (C=O) groups is 1. The molecule has 0 saturated carbocycles. The van der Waals surface area contributed by atoms with Gasteiger partial charge in [0.2, 0.25) is 5.91 Å². The maximum Gasteiger partial charge on any atom is 0.236 e. The molecule has 0 saturated heterocycles. The van der Waals surface area contributed by atoms with Gasteiger partial charge in [-0.3, -0.25) is 4.79 Å². The Morgan fingerprint density at radius 2 is 1.64 bits per heavy atom. The summed E-state index contributed by atoms with van der Waals surface area (Å²) in [5, 5.41) is 8.78. The smallest absolute Gasteiger partial charge is 0.236 e. The molecule has 136 valence electrons. The first-order valence-electron chi connectivity index (χ1n) is 8.36. The van der Waals surface area contributed by atoms with Crippen molar-refractivity contribution in [2.75, 3.05) is 0 Å². The van der Waals surface area contributed by atoms with Gasteiger partial charge in [-0.1, -0.05) is 11.8 Å². The molecule has 1 aromatic carbocycles. The quantitative estimate of drug-likeness (QED) is 0.733. The third kappa shape index (κ3) is 4.39. The summed E-state index contributed by atoms with van der Waals surface area (Å²) in [6, 6.07) is 6.41. The molecule has 1 heterocycles. The number of aromatic nitrogens is 3. The molecule has 1 atom stereocenters. The van der Waals surface area contributed by atoms with Crippen molar-refractivity contribution in [3.8, 4) is 11.4 Å². The third-order valence-electron chi connectivity index (χ3n) is 3.93. The van der Waals surface area contributed by atoms with E-state index in [0.29, 0.717) is 11.0 Å². The maximum absolute atomic E-state index is 13.1. The van der Waals surface area contributed by atoms with E-state index in [2.05, 4.69) is 10.2 Å². The Morgan fingerprint density at radius 3 is 2.16 bits per heavy atom. The van der Waals surface area contributed by atoms with Crippen molar-refractivity contribution in [1.82, 2.24) is 19.7 Å². The first-order valence-corrected chi connectivity index (χ1v) is 9.24. The lowest BCUT2D eigenvalue weighted by molar-refractivity contribution is -0.133. The molecule has 0 N–H and O–H groups in total. The third-order valence-corrected chi connectivity index (χ3v) is 5.06. The van der Waals surface area contributed by atoms with Gasteiger partial charge in [-0.2, -0.15) is 0 Å². The van der Waals surface area contributed by atoms with Crippen molar-refractivity contribution in [2.45, 2.75) is 57.1 Å². The second-order valence-electron chi connectivity index (χ2n) is 6.57. The summed E-state index contributed by atoms with van der Waals surface area (Å²) in [4.78, 5) is 14.6. The molecule has 0 unspecified atom stereocenters. The zero-order valence-electron chi connectivity index (χ0n) is 15.5. The first kappa shape index (κ1) is 19.4. The lowest BCUT2D eigenvalue weighted by Crippen LogP contribution is -2.45. The van der Waals surface area contributed by atoms with E-state index in [1.54, 1.807) is 12.1 Å². The Labute approximate surface area is 152 Å². The van der Waals surface area contributed by atoms with E-state index >= 15 is 0 Å². The molecule has 5 nitrogen and oxygen atoms in total. The van der Waals surface area contributed by atoms with Crippen LogP contribution in [0.5, 0.6) is 0 Å². The van der Waals surface area contributed by atoms with E-state index in [9.17, 15) is 9.18 Å². The predicted octanol–water partition coefficient (Wildman–Crippen LogP) is 3.75. The van der Waals surface area contributed by atoms with Crippen LogP contribution in [0.4, 0.5) is 4.39 Å². The Kier molecular flexibility index (Phi) is 6.21. The fraction of sp³-hybridized carbons (Fsp3) is 0.500.